The number of anilines is 1. The summed E-state index contributed by atoms with van der Waals surface area (Å²) in [4.78, 5) is 23.9. The number of methoxy groups -OCH3 is 1. The van der Waals surface area contributed by atoms with Crippen molar-refractivity contribution in [1.29, 1.82) is 0 Å². The number of nitrogens with one attached hydrogen (secondary N) is 1. The number of carbonyl (C=O) groups is 2. The van der Waals surface area contributed by atoms with E-state index < -0.39 is 17.9 Å². The quantitative estimate of drug-likeness (QED) is 0.203. The second-order valence-electron chi connectivity index (χ2n) is 7.57. The molecule has 0 spiro atoms. The molecule has 0 aliphatic carbocycles. The lowest BCUT2D eigenvalue weighted by Crippen LogP contribution is -2.42. The van der Waals surface area contributed by atoms with Gasteiger partial charge < -0.3 is 36.1 Å². The number of primary amides is 1. The van der Waals surface area contributed by atoms with Gasteiger partial charge in [-0.1, -0.05) is 12.1 Å². The number of nitrogens with two attached hydrogens (primary N) is 2. The van der Waals surface area contributed by atoms with Crippen molar-refractivity contribution in [2.75, 3.05) is 12.8 Å². The maximum Gasteiger partial charge on any atom is 0.308 e. The van der Waals surface area contributed by atoms with Gasteiger partial charge in [-0.25, -0.2) is 0 Å². The SMILES string of the molecule is COc1cc(OC(C)=O)c(CN[C@@H](Cc2ccc(O)cc2)C(N)=O)c(Oc2ccc(N)cc2)c1. The first-order valence-electron chi connectivity index (χ1n) is 10.5. The van der Waals surface area contributed by atoms with Crippen LogP contribution in [0.3, 0.4) is 0 Å². The van der Waals surface area contributed by atoms with Crippen molar-refractivity contribution in [3.63, 3.8) is 0 Å². The zero-order valence-electron chi connectivity index (χ0n) is 18.9. The molecule has 6 N–H and O–H groups in total. The van der Waals surface area contributed by atoms with Crippen LogP contribution in [0.1, 0.15) is 18.1 Å². The number of hydrogen-bond acceptors (Lipinski definition) is 8. The van der Waals surface area contributed by atoms with Gasteiger partial charge in [-0.15, -0.1) is 0 Å². The third-order valence-corrected chi connectivity index (χ3v) is 4.98. The molecular formula is C25H27N3O6. The van der Waals surface area contributed by atoms with Crippen molar-refractivity contribution in [3.05, 3.63) is 71.8 Å². The van der Waals surface area contributed by atoms with Crippen LogP contribution in [-0.2, 0) is 22.6 Å². The zero-order valence-corrected chi connectivity index (χ0v) is 18.9. The highest BCUT2D eigenvalue weighted by molar-refractivity contribution is 5.80. The summed E-state index contributed by atoms with van der Waals surface area (Å²) in [5, 5.41) is 12.6. The minimum atomic E-state index is -0.735. The van der Waals surface area contributed by atoms with E-state index in [-0.39, 0.29) is 18.0 Å². The molecule has 3 aromatic rings. The highest BCUT2D eigenvalue weighted by Gasteiger charge is 2.21. The van der Waals surface area contributed by atoms with E-state index in [1.807, 2.05) is 0 Å². The Balaban J connectivity index is 1.92. The molecule has 0 saturated heterocycles. The Morgan fingerprint density at radius 3 is 2.24 bits per heavy atom. The summed E-state index contributed by atoms with van der Waals surface area (Å²) in [5.74, 6) is 0.550. The predicted molar refractivity (Wildman–Crippen MR) is 127 cm³/mol. The Hall–Kier alpha value is -4.24. The van der Waals surface area contributed by atoms with Crippen LogP contribution >= 0.6 is 0 Å². The van der Waals surface area contributed by atoms with Crippen LogP contribution in [0.15, 0.2) is 60.7 Å². The topological polar surface area (TPSA) is 146 Å². The first-order valence-corrected chi connectivity index (χ1v) is 10.5. The number of carbonyl (C=O) groups excluding carboxylic acids is 2. The summed E-state index contributed by atoms with van der Waals surface area (Å²) >= 11 is 0. The van der Waals surface area contributed by atoms with E-state index in [4.69, 9.17) is 25.7 Å². The molecule has 0 saturated carbocycles. The molecule has 0 unspecified atom stereocenters. The number of amides is 1. The lowest BCUT2D eigenvalue weighted by molar-refractivity contribution is -0.132. The fourth-order valence-electron chi connectivity index (χ4n) is 3.25. The van der Waals surface area contributed by atoms with Gasteiger partial charge in [0.15, 0.2) is 0 Å². The highest BCUT2D eigenvalue weighted by Crippen LogP contribution is 2.37. The molecule has 0 aliphatic heterocycles. The minimum Gasteiger partial charge on any atom is -0.508 e. The van der Waals surface area contributed by atoms with Crippen LogP contribution in [0.5, 0.6) is 28.7 Å². The molecule has 1 atom stereocenters. The molecule has 0 aromatic heterocycles. The number of hydrogen-bond donors (Lipinski definition) is 4. The standard InChI is InChI=1S/C25H27N3O6/c1-15(29)33-23-12-20(32-2)13-24(34-19-9-5-17(26)6-10-19)21(23)14-28-22(25(27)31)11-16-3-7-18(30)8-4-16/h3-10,12-13,22,28,30H,11,14,26H2,1-2H3,(H2,27,31)/t22-/m0/s1. The Kier molecular flexibility index (Phi) is 7.94. The van der Waals surface area contributed by atoms with Gasteiger partial charge in [0, 0.05) is 31.3 Å². The molecule has 0 radical (unpaired) electrons. The molecule has 0 heterocycles. The van der Waals surface area contributed by atoms with Crippen LogP contribution in [0.25, 0.3) is 0 Å². The minimum absolute atomic E-state index is 0.0998. The first kappa shape index (κ1) is 24.4. The van der Waals surface area contributed by atoms with E-state index in [0.29, 0.717) is 34.9 Å². The fourth-order valence-corrected chi connectivity index (χ4v) is 3.25. The van der Waals surface area contributed by atoms with E-state index in [2.05, 4.69) is 5.32 Å². The Bertz CT molecular complexity index is 1150. The number of esters is 1. The van der Waals surface area contributed by atoms with E-state index in [9.17, 15) is 14.7 Å². The molecule has 9 heteroatoms. The third kappa shape index (κ3) is 6.63. The molecule has 178 valence electrons. The average molecular weight is 466 g/mol. The Morgan fingerprint density at radius 1 is 1.00 bits per heavy atom. The monoisotopic (exact) mass is 465 g/mol. The smallest absolute Gasteiger partial charge is 0.308 e. The second-order valence-corrected chi connectivity index (χ2v) is 7.57. The Morgan fingerprint density at radius 2 is 1.65 bits per heavy atom. The van der Waals surface area contributed by atoms with Crippen molar-refractivity contribution in [2.45, 2.75) is 25.9 Å². The highest BCUT2D eigenvalue weighted by atomic mass is 16.5. The van der Waals surface area contributed by atoms with Gasteiger partial charge in [0.05, 0.1) is 18.7 Å². The number of ether oxygens (including phenoxy) is 3. The van der Waals surface area contributed by atoms with E-state index in [1.54, 1.807) is 48.5 Å². The van der Waals surface area contributed by atoms with Crippen molar-refractivity contribution in [2.24, 2.45) is 5.73 Å². The van der Waals surface area contributed by atoms with Gasteiger partial charge in [0.1, 0.15) is 28.7 Å². The van der Waals surface area contributed by atoms with Crippen molar-refractivity contribution in [1.82, 2.24) is 5.32 Å². The van der Waals surface area contributed by atoms with Crippen LogP contribution in [0.2, 0.25) is 0 Å². The predicted octanol–water partition coefficient (Wildman–Crippen LogP) is 2.89. The molecule has 0 bridgehead atoms. The van der Waals surface area contributed by atoms with Gasteiger partial charge in [-0.2, -0.15) is 0 Å². The van der Waals surface area contributed by atoms with Gasteiger partial charge in [-0.05, 0) is 48.4 Å². The second kappa shape index (κ2) is 11.1. The number of phenolic OH excluding ortho intramolecular Hbond substituents is 1. The molecule has 3 rings (SSSR count). The molecule has 9 nitrogen and oxygen atoms in total. The molecule has 1 amide bonds. The number of rotatable bonds is 10. The number of nitrogen functional groups attached to an aromatic ring is 1. The lowest BCUT2D eigenvalue weighted by Gasteiger charge is -2.20. The van der Waals surface area contributed by atoms with E-state index in [0.717, 1.165) is 5.56 Å². The summed E-state index contributed by atoms with van der Waals surface area (Å²) < 4.78 is 16.8. The summed E-state index contributed by atoms with van der Waals surface area (Å²) in [6, 6.07) is 15.8. The normalized spacial score (nSPS) is 11.5. The zero-order chi connectivity index (χ0) is 24.7. The van der Waals surface area contributed by atoms with Crippen molar-refractivity contribution in [3.8, 4) is 28.7 Å². The molecule has 0 fully saturated rings. The maximum atomic E-state index is 12.1. The van der Waals surface area contributed by atoms with Crippen LogP contribution in [0, 0.1) is 0 Å². The van der Waals surface area contributed by atoms with Crippen molar-refractivity contribution >= 4 is 17.6 Å². The summed E-state index contributed by atoms with van der Waals surface area (Å²) in [6.07, 6.45) is 0.294. The van der Waals surface area contributed by atoms with Crippen LogP contribution in [-0.4, -0.2) is 30.1 Å². The molecule has 34 heavy (non-hydrogen) atoms. The number of phenols is 1. The third-order valence-electron chi connectivity index (χ3n) is 4.98. The van der Waals surface area contributed by atoms with Gasteiger partial charge in [0.25, 0.3) is 0 Å². The first-order chi connectivity index (χ1) is 16.2. The number of benzene rings is 3. The number of aromatic hydroxyl groups is 1. The molecule has 3 aromatic carbocycles. The van der Waals surface area contributed by atoms with E-state index >= 15 is 0 Å². The average Bonchev–Trinajstić information content (AvgIpc) is 2.79. The molecule has 0 aliphatic rings. The molecular weight excluding hydrogens is 438 g/mol. The summed E-state index contributed by atoms with van der Waals surface area (Å²) in [5.41, 5.74) is 13.3. The van der Waals surface area contributed by atoms with Crippen LogP contribution < -0.4 is 31.0 Å². The summed E-state index contributed by atoms with van der Waals surface area (Å²) in [7, 11) is 1.48. The largest absolute Gasteiger partial charge is 0.508 e. The van der Waals surface area contributed by atoms with E-state index in [1.165, 1.54) is 26.2 Å². The lowest BCUT2D eigenvalue weighted by atomic mass is 10.0. The van der Waals surface area contributed by atoms with Gasteiger partial charge >= 0.3 is 5.97 Å². The van der Waals surface area contributed by atoms with Crippen LogP contribution in [0.4, 0.5) is 5.69 Å². The van der Waals surface area contributed by atoms with Gasteiger partial charge in [-0.3, -0.25) is 9.59 Å². The summed E-state index contributed by atoms with van der Waals surface area (Å²) in [6.45, 7) is 1.39. The Labute approximate surface area is 197 Å². The van der Waals surface area contributed by atoms with Crippen molar-refractivity contribution < 1.29 is 28.9 Å². The fraction of sp³-hybridized carbons (Fsp3) is 0.200. The maximum absolute atomic E-state index is 12.1. The van der Waals surface area contributed by atoms with Gasteiger partial charge in [0.2, 0.25) is 5.91 Å².